The van der Waals surface area contributed by atoms with Crippen LogP contribution in [0.3, 0.4) is 0 Å². The van der Waals surface area contributed by atoms with Crippen LogP contribution in [0.2, 0.25) is 0 Å². The Bertz CT molecular complexity index is 822. The van der Waals surface area contributed by atoms with Crippen molar-refractivity contribution >= 4 is 17.4 Å². The largest absolute Gasteiger partial charge is 0.396 e. The van der Waals surface area contributed by atoms with Crippen LogP contribution in [-0.4, -0.2) is 41.9 Å². The van der Waals surface area contributed by atoms with Crippen LogP contribution in [0.25, 0.3) is 0 Å². The third kappa shape index (κ3) is 4.74. The number of nitrogens with two attached hydrogens (primary N) is 1. The number of hydrogen-bond donors (Lipinski definition) is 1. The number of hydrogen-bond acceptors (Lipinski definition) is 4. The van der Waals surface area contributed by atoms with Gasteiger partial charge in [0.15, 0.2) is 5.78 Å². The molecule has 1 atom stereocenters. The molecule has 1 aliphatic carbocycles. The quantitative estimate of drug-likeness (QED) is 0.770. The summed E-state index contributed by atoms with van der Waals surface area (Å²) in [5.41, 5.74) is 7.01. The van der Waals surface area contributed by atoms with Crippen molar-refractivity contribution in [2.75, 3.05) is 19.6 Å². The number of halogens is 1. The Morgan fingerprint density at radius 1 is 1.21 bits per heavy atom. The lowest BCUT2D eigenvalue weighted by Crippen LogP contribution is -2.43. The number of carbonyl (C=O) groups is 2. The Balaban J connectivity index is 1.58. The summed E-state index contributed by atoms with van der Waals surface area (Å²) in [6.45, 7) is 4.23. The highest BCUT2D eigenvalue weighted by Crippen LogP contribution is 2.39. The lowest BCUT2D eigenvalue weighted by molar-refractivity contribution is -0.131. The second kappa shape index (κ2) is 8.89. The predicted molar refractivity (Wildman–Crippen MR) is 112 cm³/mol. The van der Waals surface area contributed by atoms with Crippen LogP contribution in [0.5, 0.6) is 0 Å². The molecule has 156 valence electrons. The van der Waals surface area contributed by atoms with E-state index in [1.807, 2.05) is 30.3 Å². The molecule has 0 radical (unpaired) electrons. The maximum Gasteiger partial charge on any atom is 0.244 e. The van der Waals surface area contributed by atoms with Crippen LogP contribution >= 0.6 is 0 Å². The molecular weight excluding hydrogens is 369 g/mol. The number of Topliss-reactive ketones (excluding diaryl/α,β-unsaturated/α-hetero) is 1. The molecule has 2 fully saturated rings. The number of rotatable bonds is 5. The molecule has 1 saturated carbocycles. The average Bonchev–Trinajstić information content (AvgIpc) is 3.20. The van der Waals surface area contributed by atoms with Gasteiger partial charge in [0.25, 0.3) is 0 Å². The molecule has 29 heavy (non-hydrogen) atoms. The van der Waals surface area contributed by atoms with Gasteiger partial charge < -0.3 is 10.6 Å². The minimum absolute atomic E-state index is 0.0520. The molecule has 5 nitrogen and oxygen atoms in total. The first-order chi connectivity index (χ1) is 13.8. The molecule has 1 unspecified atom stereocenters. The smallest absolute Gasteiger partial charge is 0.244 e. The number of piperidine rings is 1. The van der Waals surface area contributed by atoms with Crippen LogP contribution in [0.1, 0.15) is 51.5 Å². The number of alkyl halides is 1. The number of aliphatic imine (C=N–C) groups is 1. The van der Waals surface area contributed by atoms with Crippen molar-refractivity contribution in [2.45, 2.75) is 51.6 Å². The number of amides is 1. The Labute approximate surface area is 171 Å². The van der Waals surface area contributed by atoms with Crippen LogP contribution in [0, 0.1) is 5.92 Å². The van der Waals surface area contributed by atoms with Crippen LogP contribution in [0.4, 0.5) is 4.39 Å². The number of nitrogens with zero attached hydrogens (tertiary/aromatic N) is 2. The lowest BCUT2D eigenvalue weighted by Gasteiger charge is -2.38. The van der Waals surface area contributed by atoms with E-state index in [9.17, 15) is 9.59 Å². The summed E-state index contributed by atoms with van der Waals surface area (Å²) in [4.78, 5) is 30.4. The number of benzene rings is 1. The third-order valence-electron chi connectivity index (χ3n) is 6.25. The highest BCUT2D eigenvalue weighted by Gasteiger charge is 2.38. The maximum absolute atomic E-state index is 15.4. The molecule has 1 aliphatic heterocycles. The SMILES string of the molecule is CC(=O)C(N)=C1CCCC1=NCC(=O)N1CCC(C(C)(F)c2ccccc2)CC1. The summed E-state index contributed by atoms with van der Waals surface area (Å²) in [6.07, 6.45) is 3.64. The van der Waals surface area contributed by atoms with Gasteiger partial charge in [-0.1, -0.05) is 30.3 Å². The van der Waals surface area contributed by atoms with Gasteiger partial charge in [0, 0.05) is 31.6 Å². The topological polar surface area (TPSA) is 75.8 Å². The predicted octanol–water partition coefficient (Wildman–Crippen LogP) is 3.54. The van der Waals surface area contributed by atoms with Gasteiger partial charge >= 0.3 is 0 Å². The van der Waals surface area contributed by atoms with E-state index in [1.165, 1.54) is 6.92 Å². The molecule has 3 rings (SSSR count). The van der Waals surface area contributed by atoms with Crippen molar-refractivity contribution in [3.8, 4) is 0 Å². The monoisotopic (exact) mass is 399 g/mol. The van der Waals surface area contributed by atoms with Crippen molar-refractivity contribution in [2.24, 2.45) is 16.6 Å². The van der Waals surface area contributed by atoms with Gasteiger partial charge in [0.05, 0.1) is 5.70 Å². The highest BCUT2D eigenvalue weighted by molar-refractivity contribution is 6.09. The van der Waals surface area contributed by atoms with Gasteiger partial charge in [-0.15, -0.1) is 0 Å². The van der Waals surface area contributed by atoms with Crippen LogP contribution in [0.15, 0.2) is 46.6 Å². The first-order valence-corrected chi connectivity index (χ1v) is 10.4. The van der Waals surface area contributed by atoms with E-state index in [1.54, 1.807) is 11.8 Å². The zero-order valence-electron chi connectivity index (χ0n) is 17.3. The second-order valence-electron chi connectivity index (χ2n) is 8.16. The fraction of sp³-hybridized carbons (Fsp3) is 0.522. The average molecular weight is 400 g/mol. The molecule has 0 aromatic heterocycles. The molecule has 1 saturated heterocycles. The van der Waals surface area contributed by atoms with E-state index >= 15 is 4.39 Å². The molecule has 0 bridgehead atoms. The normalized spacial score (nSPS) is 23.1. The molecule has 1 amide bonds. The molecule has 1 aromatic carbocycles. The van der Waals surface area contributed by atoms with Crippen molar-refractivity contribution in [3.63, 3.8) is 0 Å². The summed E-state index contributed by atoms with van der Waals surface area (Å²) in [5, 5.41) is 0. The number of ketones is 1. The molecule has 0 spiro atoms. The van der Waals surface area contributed by atoms with Gasteiger partial charge in [-0.2, -0.15) is 0 Å². The Morgan fingerprint density at radius 3 is 2.48 bits per heavy atom. The van der Waals surface area contributed by atoms with Crippen molar-refractivity contribution in [1.82, 2.24) is 4.90 Å². The summed E-state index contributed by atoms with van der Waals surface area (Å²) in [5.74, 6) is -0.320. The highest BCUT2D eigenvalue weighted by atomic mass is 19.1. The van der Waals surface area contributed by atoms with E-state index in [-0.39, 0.29) is 29.9 Å². The standard InChI is InChI=1S/C23H30FN3O2/c1-16(28)22(25)19-9-6-10-20(19)26-15-21(29)27-13-11-18(12-14-27)23(2,24)17-7-4-3-5-8-17/h3-5,7-8,18H,6,9-15,25H2,1-2H3. The first kappa shape index (κ1) is 21.2. The number of carbonyl (C=O) groups excluding carboxylic acids is 2. The van der Waals surface area contributed by atoms with Crippen molar-refractivity contribution in [3.05, 3.63) is 47.2 Å². The van der Waals surface area contributed by atoms with E-state index in [0.717, 1.165) is 30.5 Å². The molecule has 2 N–H and O–H groups in total. The van der Waals surface area contributed by atoms with Gasteiger partial charge in [-0.25, -0.2) is 4.39 Å². The zero-order valence-corrected chi connectivity index (χ0v) is 17.3. The van der Waals surface area contributed by atoms with Gasteiger partial charge in [0.1, 0.15) is 12.2 Å². The van der Waals surface area contributed by atoms with E-state index in [4.69, 9.17) is 5.73 Å². The van der Waals surface area contributed by atoms with Gasteiger partial charge in [-0.3, -0.25) is 14.6 Å². The van der Waals surface area contributed by atoms with E-state index in [0.29, 0.717) is 31.5 Å². The summed E-state index contributed by atoms with van der Waals surface area (Å²) in [7, 11) is 0. The second-order valence-corrected chi connectivity index (χ2v) is 8.16. The zero-order chi connectivity index (χ0) is 21.0. The molecule has 2 aliphatic rings. The van der Waals surface area contributed by atoms with Crippen molar-refractivity contribution < 1.29 is 14.0 Å². The van der Waals surface area contributed by atoms with Gasteiger partial charge in [-0.05, 0) is 50.2 Å². The number of allylic oxidation sites excluding steroid dienone is 2. The molecule has 1 heterocycles. The summed E-state index contributed by atoms with van der Waals surface area (Å²) >= 11 is 0. The first-order valence-electron chi connectivity index (χ1n) is 10.4. The van der Waals surface area contributed by atoms with Crippen LogP contribution < -0.4 is 5.73 Å². The molecular formula is C23H30FN3O2. The molecule has 6 heteroatoms. The summed E-state index contributed by atoms with van der Waals surface area (Å²) in [6, 6.07) is 9.25. The number of likely N-dealkylation sites (tertiary alicyclic amines) is 1. The molecule has 1 aromatic rings. The van der Waals surface area contributed by atoms with Gasteiger partial charge in [0.2, 0.25) is 5.91 Å². The lowest BCUT2D eigenvalue weighted by atomic mass is 9.79. The third-order valence-corrected chi connectivity index (χ3v) is 6.25. The Kier molecular flexibility index (Phi) is 6.50. The maximum atomic E-state index is 15.4. The van der Waals surface area contributed by atoms with Crippen molar-refractivity contribution in [1.29, 1.82) is 0 Å². The fourth-order valence-corrected chi connectivity index (χ4v) is 4.34. The minimum Gasteiger partial charge on any atom is -0.396 e. The van der Waals surface area contributed by atoms with Crippen LogP contribution in [-0.2, 0) is 15.3 Å². The van der Waals surface area contributed by atoms with E-state index < -0.39 is 5.67 Å². The Morgan fingerprint density at radius 2 is 1.86 bits per heavy atom. The fourth-order valence-electron chi connectivity index (χ4n) is 4.34. The minimum atomic E-state index is -1.40. The Hall–Kier alpha value is -2.50. The van der Waals surface area contributed by atoms with E-state index in [2.05, 4.69) is 4.99 Å². The summed E-state index contributed by atoms with van der Waals surface area (Å²) < 4.78 is 15.4.